The van der Waals surface area contributed by atoms with E-state index in [1.807, 2.05) is 18.2 Å². The van der Waals surface area contributed by atoms with Crippen LogP contribution in [0.2, 0.25) is 0 Å². The van der Waals surface area contributed by atoms with Crippen molar-refractivity contribution in [2.75, 3.05) is 11.4 Å². The van der Waals surface area contributed by atoms with Crippen LogP contribution in [0.5, 0.6) is 0 Å². The molecule has 0 saturated heterocycles. The fourth-order valence-electron chi connectivity index (χ4n) is 2.89. The van der Waals surface area contributed by atoms with Gasteiger partial charge in [-0.05, 0) is 6.42 Å². The Bertz CT molecular complexity index is 867. The Hall–Kier alpha value is -2.70. The van der Waals surface area contributed by atoms with Crippen molar-refractivity contribution in [3.63, 3.8) is 0 Å². The molecule has 4 rings (SSSR count). The minimum absolute atomic E-state index is 0.110. The average Bonchev–Trinajstić information content (AvgIpc) is 3.29. The van der Waals surface area contributed by atoms with Crippen molar-refractivity contribution in [3.8, 4) is 11.4 Å². The first-order chi connectivity index (χ1) is 12.1. The molecule has 0 radical (unpaired) electrons. The second-order valence-corrected chi connectivity index (χ2v) is 7.01. The van der Waals surface area contributed by atoms with Gasteiger partial charge in [-0.1, -0.05) is 56.2 Å². The third-order valence-electron chi connectivity index (χ3n) is 4.93. The molecule has 2 aromatic heterocycles. The van der Waals surface area contributed by atoms with Crippen LogP contribution in [0.3, 0.4) is 0 Å². The third-order valence-corrected chi connectivity index (χ3v) is 4.93. The highest BCUT2D eigenvalue weighted by atomic mass is 16.4. The second kappa shape index (κ2) is 5.98. The molecule has 1 aliphatic rings. The maximum Gasteiger partial charge on any atom is 0.318 e. The van der Waals surface area contributed by atoms with Crippen molar-refractivity contribution < 1.29 is 4.42 Å². The first kappa shape index (κ1) is 15.8. The van der Waals surface area contributed by atoms with E-state index in [0.29, 0.717) is 18.5 Å². The van der Waals surface area contributed by atoms with E-state index in [2.05, 4.69) is 62.8 Å². The SMILES string of the molecule is CCC(C)(C)c1nnc(N2CCn3c(nnc3-c3ccccc3)C2)o1. The summed E-state index contributed by atoms with van der Waals surface area (Å²) in [7, 11) is 0. The lowest BCUT2D eigenvalue weighted by Crippen LogP contribution is -2.34. The van der Waals surface area contributed by atoms with Gasteiger partial charge in [0.2, 0.25) is 5.89 Å². The van der Waals surface area contributed by atoms with Crippen molar-refractivity contribution in [2.45, 2.75) is 45.7 Å². The summed E-state index contributed by atoms with van der Waals surface area (Å²) < 4.78 is 8.10. The summed E-state index contributed by atoms with van der Waals surface area (Å²) in [5, 5.41) is 17.2. The number of rotatable bonds is 4. The summed E-state index contributed by atoms with van der Waals surface area (Å²) in [6, 6.07) is 10.7. The number of hydrogen-bond acceptors (Lipinski definition) is 6. The lowest BCUT2D eigenvalue weighted by atomic mass is 9.90. The fraction of sp³-hybridized carbons (Fsp3) is 0.444. The molecule has 0 fully saturated rings. The molecule has 0 spiro atoms. The molecule has 0 unspecified atom stereocenters. The Kier molecular flexibility index (Phi) is 3.78. The molecular formula is C18H22N6O. The number of aromatic nitrogens is 5. The van der Waals surface area contributed by atoms with Crippen molar-refractivity contribution >= 4 is 6.01 Å². The molecule has 1 aromatic carbocycles. The molecule has 7 nitrogen and oxygen atoms in total. The van der Waals surface area contributed by atoms with Crippen LogP contribution >= 0.6 is 0 Å². The average molecular weight is 338 g/mol. The van der Waals surface area contributed by atoms with Gasteiger partial charge in [0.05, 0.1) is 6.54 Å². The molecule has 1 aliphatic heterocycles. The maximum absolute atomic E-state index is 5.93. The minimum Gasteiger partial charge on any atom is -0.407 e. The quantitative estimate of drug-likeness (QED) is 0.728. The lowest BCUT2D eigenvalue weighted by molar-refractivity contribution is 0.356. The molecule has 0 N–H and O–H groups in total. The predicted octanol–water partition coefficient (Wildman–Crippen LogP) is 3.04. The predicted molar refractivity (Wildman–Crippen MR) is 94.1 cm³/mol. The molecule has 3 aromatic rings. The Labute approximate surface area is 146 Å². The van der Waals surface area contributed by atoms with Gasteiger partial charge in [-0.3, -0.25) is 0 Å². The Balaban J connectivity index is 1.58. The van der Waals surface area contributed by atoms with Crippen LogP contribution in [0, 0.1) is 0 Å². The van der Waals surface area contributed by atoms with Crippen LogP contribution in [0.4, 0.5) is 6.01 Å². The van der Waals surface area contributed by atoms with Crippen molar-refractivity contribution in [1.29, 1.82) is 0 Å². The Morgan fingerprint density at radius 3 is 2.60 bits per heavy atom. The summed E-state index contributed by atoms with van der Waals surface area (Å²) >= 11 is 0. The highest BCUT2D eigenvalue weighted by molar-refractivity contribution is 5.55. The van der Waals surface area contributed by atoms with E-state index in [1.165, 1.54) is 0 Å². The van der Waals surface area contributed by atoms with Crippen LogP contribution in [0.1, 0.15) is 38.9 Å². The molecule has 25 heavy (non-hydrogen) atoms. The molecular weight excluding hydrogens is 316 g/mol. The highest BCUT2D eigenvalue weighted by Gasteiger charge is 2.29. The largest absolute Gasteiger partial charge is 0.407 e. The van der Waals surface area contributed by atoms with E-state index in [-0.39, 0.29) is 5.41 Å². The van der Waals surface area contributed by atoms with Crippen LogP contribution in [-0.4, -0.2) is 31.5 Å². The molecule has 3 heterocycles. The summed E-state index contributed by atoms with van der Waals surface area (Å²) in [6.45, 7) is 8.55. The standard InChI is InChI=1S/C18H22N6O/c1-4-18(2,3)16-21-22-17(25-16)23-10-11-24-14(12-23)19-20-15(24)13-8-6-5-7-9-13/h5-9H,4,10-12H2,1-3H3. The molecule has 0 amide bonds. The zero-order valence-electron chi connectivity index (χ0n) is 14.8. The maximum atomic E-state index is 5.93. The van der Waals surface area contributed by atoms with E-state index in [0.717, 1.165) is 36.7 Å². The summed E-state index contributed by atoms with van der Waals surface area (Å²) in [5.74, 6) is 2.51. The highest BCUT2D eigenvalue weighted by Crippen LogP contribution is 2.29. The van der Waals surface area contributed by atoms with Gasteiger partial charge in [-0.15, -0.1) is 15.3 Å². The first-order valence-corrected chi connectivity index (χ1v) is 8.65. The molecule has 0 bridgehead atoms. The molecule has 0 atom stereocenters. The zero-order valence-corrected chi connectivity index (χ0v) is 14.8. The summed E-state index contributed by atoms with van der Waals surface area (Å²) in [6.07, 6.45) is 0.948. The van der Waals surface area contributed by atoms with Crippen LogP contribution < -0.4 is 4.90 Å². The number of benzene rings is 1. The number of fused-ring (bicyclic) bond motifs is 1. The van der Waals surface area contributed by atoms with Gasteiger partial charge in [0, 0.05) is 24.1 Å². The molecule has 0 aliphatic carbocycles. The normalized spacial score (nSPS) is 14.6. The number of nitrogens with zero attached hydrogens (tertiary/aromatic N) is 6. The van der Waals surface area contributed by atoms with Gasteiger partial charge in [0.15, 0.2) is 11.6 Å². The van der Waals surface area contributed by atoms with Crippen molar-refractivity contribution in [2.24, 2.45) is 0 Å². The molecule has 130 valence electrons. The minimum atomic E-state index is -0.110. The van der Waals surface area contributed by atoms with Gasteiger partial charge in [0.1, 0.15) is 0 Å². The van der Waals surface area contributed by atoms with Crippen LogP contribution in [0.25, 0.3) is 11.4 Å². The third kappa shape index (κ3) is 2.79. The summed E-state index contributed by atoms with van der Waals surface area (Å²) in [5.41, 5.74) is 0.973. The second-order valence-electron chi connectivity index (χ2n) is 7.01. The van der Waals surface area contributed by atoms with E-state index in [4.69, 9.17) is 4.42 Å². The van der Waals surface area contributed by atoms with Gasteiger partial charge < -0.3 is 13.9 Å². The van der Waals surface area contributed by atoms with Gasteiger partial charge in [-0.25, -0.2) is 0 Å². The smallest absolute Gasteiger partial charge is 0.318 e. The van der Waals surface area contributed by atoms with E-state index < -0.39 is 0 Å². The topological polar surface area (TPSA) is 72.9 Å². The molecule has 7 heteroatoms. The summed E-state index contributed by atoms with van der Waals surface area (Å²) in [4.78, 5) is 2.07. The zero-order chi connectivity index (χ0) is 17.4. The van der Waals surface area contributed by atoms with Crippen LogP contribution in [-0.2, 0) is 18.5 Å². The Morgan fingerprint density at radius 2 is 1.84 bits per heavy atom. The van der Waals surface area contributed by atoms with Crippen molar-refractivity contribution in [3.05, 3.63) is 42.0 Å². The van der Waals surface area contributed by atoms with Gasteiger partial charge in [0.25, 0.3) is 0 Å². The van der Waals surface area contributed by atoms with E-state index in [1.54, 1.807) is 0 Å². The van der Waals surface area contributed by atoms with Gasteiger partial charge in [-0.2, -0.15) is 0 Å². The number of anilines is 1. The monoisotopic (exact) mass is 338 g/mol. The lowest BCUT2D eigenvalue weighted by Gasteiger charge is -2.26. The number of hydrogen-bond donors (Lipinski definition) is 0. The first-order valence-electron chi connectivity index (χ1n) is 8.65. The fourth-order valence-corrected chi connectivity index (χ4v) is 2.89. The van der Waals surface area contributed by atoms with Crippen LogP contribution in [0.15, 0.2) is 34.7 Å². The van der Waals surface area contributed by atoms with E-state index >= 15 is 0 Å². The Morgan fingerprint density at radius 1 is 1.04 bits per heavy atom. The molecule has 0 saturated carbocycles. The van der Waals surface area contributed by atoms with E-state index in [9.17, 15) is 0 Å². The van der Waals surface area contributed by atoms with Crippen molar-refractivity contribution in [1.82, 2.24) is 25.0 Å². The van der Waals surface area contributed by atoms with Gasteiger partial charge >= 0.3 is 6.01 Å².